The van der Waals surface area contributed by atoms with Crippen molar-refractivity contribution in [3.63, 3.8) is 0 Å². The van der Waals surface area contributed by atoms with Crippen LogP contribution in [-0.2, 0) is 35.4 Å². The molecule has 0 saturated heterocycles. The number of carbonyl (C=O) groups excluding carboxylic acids is 1. The van der Waals surface area contributed by atoms with E-state index in [1.165, 1.54) is 11.1 Å². The summed E-state index contributed by atoms with van der Waals surface area (Å²) in [5.41, 5.74) is 4.64. The minimum atomic E-state index is -0.378. The number of hydrogen-bond donors (Lipinski definition) is 1. The maximum atomic E-state index is 12.2. The van der Waals surface area contributed by atoms with Gasteiger partial charge in [-0.3, -0.25) is 4.79 Å². The number of aryl methyl sites for hydroxylation is 2. The minimum absolute atomic E-state index is 0.232. The van der Waals surface area contributed by atoms with E-state index >= 15 is 0 Å². The van der Waals surface area contributed by atoms with Crippen molar-refractivity contribution in [3.05, 3.63) is 101 Å². The highest BCUT2D eigenvalue weighted by atomic mass is 16.5. The number of esters is 1. The molecule has 162 valence electrons. The molecule has 3 aromatic carbocycles. The molecule has 0 bridgehead atoms. The summed E-state index contributed by atoms with van der Waals surface area (Å²) in [7, 11) is 1.78. The number of ether oxygens (including phenoxy) is 2. The Labute approximate surface area is 185 Å². The van der Waals surface area contributed by atoms with Crippen LogP contribution in [0.1, 0.15) is 29.2 Å². The molecule has 0 aliphatic carbocycles. The van der Waals surface area contributed by atoms with Crippen LogP contribution < -0.4 is 10.1 Å². The molecule has 0 aliphatic rings. The first-order valence-electron chi connectivity index (χ1n) is 10.9. The van der Waals surface area contributed by atoms with E-state index < -0.39 is 0 Å². The van der Waals surface area contributed by atoms with Crippen LogP contribution in [0.3, 0.4) is 0 Å². The third-order valence-corrected chi connectivity index (χ3v) is 5.25. The highest BCUT2D eigenvalue weighted by Gasteiger charge is 2.19. The standard InChI is InChI=1S/C27H31NO3/c1-3-30-27(29)25(28-2)18-23-15-17-24(16-14-21-10-6-4-7-11-21)26(19-23)31-20-22-12-8-5-9-13-22/h4-13,15,17,19,25,28H,3,14,16,18,20H2,1-2H3/t25-/m0/s1. The van der Waals surface area contributed by atoms with E-state index in [0.717, 1.165) is 29.7 Å². The molecule has 1 N–H and O–H groups in total. The molecule has 0 aliphatic heterocycles. The van der Waals surface area contributed by atoms with Crippen LogP contribution in [0.25, 0.3) is 0 Å². The van der Waals surface area contributed by atoms with Crippen LogP contribution in [0.2, 0.25) is 0 Å². The van der Waals surface area contributed by atoms with Crippen LogP contribution in [-0.4, -0.2) is 25.7 Å². The summed E-state index contributed by atoms with van der Waals surface area (Å²) in [6.07, 6.45) is 2.39. The number of carbonyl (C=O) groups is 1. The Morgan fingerprint density at radius 2 is 1.55 bits per heavy atom. The zero-order valence-electron chi connectivity index (χ0n) is 18.3. The summed E-state index contributed by atoms with van der Waals surface area (Å²) >= 11 is 0. The van der Waals surface area contributed by atoms with Gasteiger partial charge < -0.3 is 14.8 Å². The van der Waals surface area contributed by atoms with Crippen LogP contribution in [0.5, 0.6) is 5.75 Å². The number of benzene rings is 3. The van der Waals surface area contributed by atoms with Gasteiger partial charge in [-0.25, -0.2) is 0 Å². The van der Waals surface area contributed by atoms with Gasteiger partial charge in [0.1, 0.15) is 18.4 Å². The quantitative estimate of drug-likeness (QED) is 0.458. The fourth-order valence-corrected chi connectivity index (χ4v) is 3.51. The molecular formula is C27H31NO3. The van der Waals surface area contributed by atoms with Crippen molar-refractivity contribution in [2.45, 2.75) is 38.8 Å². The van der Waals surface area contributed by atoms with Gasteiger partial charge in [0, 0.05) is 0 Å². The average molecular weight is 418 g/mol. The number of rotatable bonds is 11. The lowest BCUT2D eigenvalue weighted by molar-refractivity contribution is -0.145. The van der Waals surface area contributed by atoms with Gasteiger partial charge in [-0.15, -0.1) is 0 Å². The molecule has 0 amide bonds. The maximum absolute atomic E-state index is 12.2. The Hall–Kier alpha value is -3.11. The van der Waals surface area contributed by atoms with Gasteiger partial charge in [0.05, 0.1) is 6.61 Å². The zero-order valence-corrected chi connectivity index (χ0v) is 18.3. The third kappa shape index (κ3) is 6.97. The molecule has 1 atom stereocenters. The zero-order chi connectivity index (χ0) is 21.9. The van der Waals surface area contributed by atoms with Crippen molar-refractivity contribution in [1.29, 1.82) is 0 Å². The fraction of sp³-hybridized carbons (Fsp3) is 0.296. The predicted molar refractivity (Wildman–Crippen MR) is 124 cm³/mol. The van der Waals surface area contributed by atoms with E-state index in [1.807, 2.05) is 31.2 Å². The molecule has 0 spiro atoms. The van der Waals surface area contributed by atoms with Crippen molar-refractivity contribution < 1.29 is 14.3 Å². The lowest BCUT2D eigenvalue weighted by atomic mass is 9.99. The van der Waals surface area contributed by atoms with Crippen molar-refractivity contribution in [3.8, 4) is 5.75 Å². The van der Waals surface area contributed by atoms with Gasteiger partial charge >= 0.3 is 5.97 Å². The van der Waals surface area contributed by atoms with Gasteiger partial charge in [-0.2, -0.15) is 0 Å². The lowest BCUT2D eigenvalue weighted by Crippen LogP contribution is -2.37. The van der Waals surface area contributed by atoms with Gasteiger partial charge in [0.15, 0.2) is 0 Å². The lowest BCUT2D eigenvalue weighted by Gasteiger charge is -2.17. The maximum Gasteiger partial charge on any atom is 0.323 e. The SMILES string of the molecule is CCOC(=O)[C@H](Cc1ccc(CCc2ccccc2)c(OCc2ccccc2)c1)NC. The summed E-state index contributed by atoms with van der Waals surface area (Å²) in [5.74, 6) is 0.640. The summed E-state index contributed by atoms with van der Waals surface area (Å²) < 4.78 is 11.4. The Kier molecular flexibility index (Phi) is 8.68. The van der Waals surface area contributed by atoms with Crippen LogP contribution >= 0.6 is 0 Å². The van der Waals surface area contributed by atoms with Crippen molar-refractivity contribution >= 4 is 5.97 Å². The second kappa shape index (κ2) is 11.9. The van der Waals surface area contributed by atoms with E-state index in [4.69, 9.17) is 9.47 Å². The first kappa shape index (κ1) is 22.6. The Bertz CT molecular complexity index is 941. The molecule has 0 radical (unpaired) electrons. The van der Waals surface area contributed by atoms with E-state index in [0.29, 0.717) is 19.6 Å². The largest absolute Gasteiger partial charge is 0.489 e. The molecule has 0 fully saturated rings. The number of nitrogens with one attached hydrogen (secondary N) is 1. The second-order valence-corrected chi connectivity index (χ2v) is 7.50. The number of hydrogen-bond acceptors (Lipinski definition) is 4. The van der Waals surface area contributed by atoms with Crippen LogP contribution in [0.4, 0.5) is 0 Å². The summed E-state index contributed by atoms with van der Waals surface area (Å²) in [6, 6.07) is 26.5. The first-order chi connectivity index (χ1) is 15.2. The van der Waals surface area contributed by atoms with E-state index in [9.17, 15) is 4.79 Å². The van der Waals surface area contributed by atoms with Gasteiger partial charge in [-0.1, -0.05) is 72.8 Å². The summed E-state index contributed by atoms with van der Waals surface area (Å²) in [5, 5.41) is 3.06. The Morgan fingerprint density at radius 1 is 0.871 bits per heavy atom. The monoisotopic (exact) mass is 417 g/mol. The minimum Gasteiger partial charge on any atom is -0.489 e. The van der Waals surface area contributed by atoms with Crippen molar-refractivity contribution in [2.24, 2.45) is 0 Å². The van der Waals surface area contributed by atoms with Gasteiger partial charge in [0.25, 0.3) is 0 Å². The molecule has 0 unspecified atom stereocenters. The van der Waals surface area contributed by atoms with Crippen molar-refractivity contribution in [2.75, 3.05) is 13.7 Å². The van der Waals surface area contributed by atoms with E-state index in [1.54, 1.807) is 7.05 Å². The van der Waals surface area contributed by atoms with Crippen LogP contribution in [0.15, 0.2) is 78.9 Å². The smallest absolute Gasteiger partial charge is 0.323 e. The number of likely N-dealkylation sites (N-methyl/N-ethyl adjacent to an activating group) is 1. The van der Waals surface area contributed by atoms with Crippen LogP contribution in [0, 0.1) is 0 Å². The highest BCUT2D eigenvalue weighted by Crippen LogP contribution is 2.24. The molecule has 31 heavy (non-hydrogen) atoms. The van der Waals surface area contributed by atoms with E-state index in [-0.39, 0.29) is 12.0 Å². The highest BCUT2D eigenvalue weighted by molar-refractivity contribution is 5.76. The molecule has 3 rings (SSSR count). The molecule has 4 nitrogen and oxygen atoms in total. The van der Waals surface area contributed by atoms with Gasteiger partial charge in [0.2, 0.25) is 0 Å². The molecule has 3 aromatic rings. The van der Waals surface area contributed by atoms with E-state index in [2.05, 4.69) is 59.9 Å². The summed E-state index contributed by atoms with van der Waals surface area (Å²) in [4.78, 5) is 12.2. The molecule has 0 saturated carbocycles. The molecule has 4 heteroatoms. The summed E-state index contributed by atoms with van der Waals surface area (Å²) in [6.45, 7) is 2.71. The van der Waals surface area contributed by atoms with Crippen molar-refractivity contribution in [1.82, 2.24) is 5.32 Å². The normalized spacial score (nSPS) is 11.7. The molecular weight excluding hydrogens is 386 g/mol. The Balaban J connectivity index is 1.77. The van der Waals surface area contributed by atoms with Gasteiger partial charge in [-0.05, 0) is 61.6 Å². The average Bonchev–Trinajstić information content (AvgIpc) is 2.82. The third-order valence-electron chi connectivity index (χ3n) is 5.25. The first-order valence-corrected chi connectivity index (χ1v) is 10.9. The second-order valence-electron chi connectivity index (χ2n) is 7.50. The molecule has 0 aromatic heterocycles. The Morgan fingerprint density at radius 3 is 2.19 bits per heavy atom. The molecule has 0 heterocycles. The fourth-order valence-electron chi connectivity index (χ4n) is 3.51. The topological polar surface area (TPSA) is 47.6 Å². The predicted octanol–water partition coefficient (Wildman–Crippen LogP) is 4.74.